The van der Waals surface area contributed by atoms with E-state index in [0.717, 1.165) is 17.3 Å². The van der Waals surface area contributed by atoms with Crippen molar-refractivity contribution in [1.29, 1.82) is 0 Å². The van der Waals surface area contributed by atoms with Gasteiger partial charge in [-0.15, -0.1) is 0 Å². The number of nitrogens with zero attached hydrogens (tertiary/aromatic N) is 2. The van der Waals surface area contributed by atoms with Gasteiger partial charge in [-0.05, 0) is 18.6 Å². The molecule has 1 atom stereocenters. The Labute approximate surface area is 123 Å². The predicted molar refractivity (Wildman–Crippen MR) is 81.1 cm³/mol. The Hall–Kier alpha value is -2.23. The zero-order valence-corrected chi connectivity index (χ0v) is 12.1. The fourth-order valence-corrected chi connectivity index (χ4v) is 2.80. The summed E-state index contributed by atoms with van der Waals surface area (Å²) in [7, 11) is 0. The molecule has 1 unspecified atom stereocenters. The van der Waals surface area contributed by atoms with Crippen LogP contribution in [0.5, 0.6) is 0 Å². The molecule has 0 spiro atoms. The molecule has 4 nitrogen and oxygen atoms in total. The molecule has 0 aliphatic carbocycles. The van der Waals surface area contributed by atoms with Crippen molar-refractivity contribution in [3.63, 3.8) is 0 Å². The molecule has 0 bridgehead atoms. The monoisotopic (exact) mass is 282 g/mol. The lowest BCUT2D eigenvalue weighted by atomic mass is 9.94. The molecule has 1 aliphatic heterocycles. The Bertz CT molecular complexity index is 696. The summed E-state index contributed by atoms with van der Waals surface area (Å²) >= 11 is 0. The van der Waals surface area contributed by atoms with Crippen molar-refractivity contribution in [3.8, 4) is 0 Å². The predicted octanol–water partition coefficient (Wildman–Crippen LogP) is 2.68. The summed E-state index contributed by atoms with van der Waals surface area (Å²) in [4.78, 5) is 30.5. The molecule has 1 aliphatic rings. The molecule has 3 rings (SSSR count). The lowest BCUT2D eigenvalue weighted by Crippen LogP contribution is -2.44. The van der Waals surface area contributed by atoms with Crippen molar-refractivity contribution < 1.29 is 9.59 Å². The summed E-state index contributed by atoms with van der Waals surface area (Å²) in [6, 6.07) is 11.4. The van der Waals surface area contributed by atoms with Crippen molar-refractivity contribution in [2.45, 2.75) is 19.8 Å². The molecule has 1 amide bonds. The van der Waals surface area contributed by atoms with Gasteiger partial charge < -0.3 is 4.90 Å². The van der Waals surface area contributed by atoms with Crippen LogP contribution in [-0.2, 0) is 4.79 Å². The van der Waals surface area contributed by atoms with Crippen LogP contribution in [0.1, 0.15) is 30.3 Å². The van der Waals surface area contributed by atoms with Gasteiger partial charge in [-0.3, -0.25) is 9.59 Å². The van der Waals surface area contributed by atoms with Gasteiger partial charge in [0.2, 0.25) is 0 Å². The molecule has 0 radical (unpaired) electrons. The normalized spacial score (nSPS) is 19.0. The van der Waals surface area contributed by atoms with Gasteiger partial charge in [0, 0.05) is 30.8 Å². The number of ketones is 1. The zero-order valence-electron chi connectivity index (χ0n) is 12.1. The number of carbonyl (C=O) groups excluding carboxylic acids is 2. The molecule has 4 heteroatoms. The summed E-state index contributed by atoms with van der Waals surface area (Å²) in [5.74, 6) is 0.169. The summed E-state index contributed by atoms with van der Waals surface area (Å²) in [6.07, 6.45) is 1.24. The Morgan fingerprint density at radius 3 is 2.90 bits per heavy atom. The number of amides is 1. The largest absolute Gasteiger partial charge is 0.336 e. The Kier molecular flexibility index (Phi) is 3.69. The maximum Gasteiger partial charge on any atom is 0.272 e. The SMILES string of the molecule is CCC1CN(C(=O)c2ccc3ccccc3n2)CCC1=O. The van der Waals surface area contributed by atoms with Crippen LogP contribution < -0.4 is 0 Å². The number of piperidine rings is 1. The topological polar surface area (TPSA) is 50.3 Å². The highest BCUT2D eigenvalue weighted by Gasteiger charge is 2.29. The fourth-order valence-electron chi connectivity index (χ4n) is 2.80. The molecule has 1 aromatic heterocycles. The zero-order chi connectivity index (χ0) is 14.8. The summed E-state index contributed by atoms with van der Waals surface area (Å²) in [5, 5.41) is 1.02. The average Bonchev–Trinajstić information content (AvgIpc) is 2.54. The first kappa shape index (κ1) is 13.7. The highest BCUT2D eigenvalue weighted by atomic mass is 16.2. The van der Waals surface area contributed by atoms with E-state index < -0.39 is 0 Å². The van der Waals surface area contributed by atoms with Crippen molar-refractivity contribution in [2.75, 3.05) is 13.1 Å². The van der Waals surface area contributed by atoms with Crippen LogP contribution in [0.25, 0.3) is 10.9 Å². The van der Waals surface area contributed by atoms with Crippen molar-refractivity contribution >= 4 is 22.6 Å². The van der Waals surface area contributed by atoms with Crippen molar-refractivity contribution in [3.05, 3.63) is 42.1 Å². The second kappa shape index (κ2) is 5.64. The molecular formula is C17H18N2O2. The number of hydrogen-bond acceptors (Lipinski definition) is 3. The lowest BCUT2D eigenvalue weighted by molar-refractivity contribution is -0.125. The maximum atomic E-state index is 12.6. The number of pyridine rings is 1. The Morgan fingerprint density at radius 1 is 1.29 bits per heavy atom. The first-order valence-corrected chi connectivity index (χ1v) is 7.37. The van der Waals surface area contributed by atoms with Gasteiger partial charge in [-0.1, -0.05) is 31.2 Å². The van der Waals surface area contributed by atoms with Crippen LogP contribution in [0, 0.1) is 5.92 Å². The number of benzene rings is 1. The minimum absolute atomic E-state index is 0.0249. The third kappa shape index (κ3) is 2.66. The fraction of sp³-hybridized carbons (Fsp3) is 0.353. The summed E-state index contributed by atoms with van der Waals surface area (Å²) in [6.45, 7) is 3.01. The van der Waals surface area contributed by atoms with E-state index >= 15 is 0 Å². The lowest BCUT2D eigenvalue weighted by Gasteiger charge is -2.31. The molecule has 1 saturated heterocycles. The summed E-state index contributed by atoms with van der Waals surface area (Å²) < 4.78 is 0. The minimum atomic E-state index is -0.0771. The van der Waals surface area contributed by atoms with E-state index in [4.69, 9.17) is 0 Å². The molecule has 0 saturated carbocycles. The van der Waals surface area contributed by atoms with Gasteiger partial charge in [0.05, 0.1) is 5.52 Å². The van der Waals surface area contributed by atoms with Crippen LogP contribution in [0.4, 0.5) is 0 Å². The first-order valence-electron chi connectivity index (χ1n) is 7.37. The summed E-state index contributed by atoms with van der Waals surface area (Å²) in [5.41, 5.74) is 1.28. The van der Waals surface area contributed by atoms with Gasteiger partial charge in [0.1, 0.15) is 11.5 Å². The third-order valence-electron chi connectivity index (χ3n) is 4.12. The van der Waals surface area contributed by atoms with Crippen molar-refractivity contribution in [1.82, 2.24) is 9.88 Å². The van der Waals surface area contributed by atoms with Crippen LogP contribution in [0.2, 0.25) is 0 Å². The number of fused-ring (bicyclic) bond motifs is 1. The van der Waals surface area contributed by atoms with Gasteiger partial charge in [0.25, 0.3) is 5.91 Å². The molecule has 21 heavy (non-hydrogen) atoms. The highest BCUT2D eigenvalue weighted by Crippen LogP contribution is 2.19. The Balaban J connectivity index is 1.84. The molecule has 1 aromatic carbocycles. The quantitative estimate of drug-likeness (QED) is 0.851. The van der Waals surface area contributed by atoms with E-state index in [9.17, 15) is 9.59 Å². The number of hydrogen-bond donors (Lipinski definition) is 0. The molecule has 2 heterocycles. The van der Waals surface area contributed by atoms with E-state index in [1.54, 1.807) is 11.0 Å². The van der Waals surface area contributed by atoms with Crippen molar-refractivity contribution in [2.24, 2.45) is 5.92 Å². The van der Waals surface area contributed by atoms with E-state index in [2.05, 4.69) is 4.98 Å². The smallest absolute Gasteiger partial charge is 0.272 e. The number of likely N-dealkylation sites (tertiary alicyclic amines) is 1. The number of para-hydroxylation sites is 1. The number of aromatic nitrogens is 1. The number of Topliss-reactive ketones (excluding diaryl/α,β-unsaturated/α-hetero) is 1. The van der Waals surface area contributed by atoms with Gasteiger partial charge in [0.15, 0.2) is 0 Å². The van der Waals surface area contributed by atoms with Gasteiger partial charge in [-0.2, -0.15) is 0 Å². The first-order chi connectivity index (χ1) is 10.2. The maximum absolute atomic E-state index is 12.6. The molecular weight excluding hydrogens is 264 g/mol. The number of carbonyl (C=O) groups is 2. The van der Waals surface area contributed by atoms with Gasteiger partial charge in [-0.25, -0.2) is 4.98 Å². The van der Waals surface area contributed by atoms with E-state index in [0.29, 0.717) is 25.2 Å². The van der Waals surface area contributed by atoms with E-state index in [1.165, 1.54) is 0 Å². The minimum Gasteiger partial charge on any atom is -0.336 e. The second-order valence-corrected chi connectivity index (χ2v) is 5.46. The molecule has 1 fully saturated rings. The van der Waals surface area contributed by atoms with Crippen LogP contribution >= 0.6 is 0 Å². The highest BCUT2D eigenvalue weighted by molar-refractivity contribution is 5.96. The molecule has 2 aromatic rings. The van der Waals surface area contributed by atoms with Crippen LogP contribution in [0.3, 0.4) is 0 Å². The second-order valence-electron chi connectivity index (χ2n) is 5.46. The van der Waals surface area contributed by atoms with E-state index in [1.807, 2.05) is 37.3 Å². The number of rotatable bonds is 2. The average molecular weight is 282 g/mol. The van der Waals surface area contributed by atoms with Gasteiger partial charge >= 0.3 is 0 Å². The molecule has 0 N–H and O–H groups in total. The standard InChI is InChI=1S/C17H18N2O2/c1-2-12-11-19(10-9-16(12)20)17(21)15-8-7-13-5-3-4-6-14(13)18-15/h3-8,12H,2,9-11H2,1H3. The molecule has 108 valence electrons. The Morgan fingerprint density at radius 2 is 2.10 bits per heavy atom. The van der Waals surface area contributed by atoms with Crippen LogP contribution in [0.15, 0.2) is 36.4 Å². The van der Waals surface area contributed by atoms with Crippen LogP contribution in [-0.4, -0.2) is 34.7 Å². The third-order valence-corrected chi connectivity index (χ3v) is 4.12. The van der Waals surface area contributed by atoms with E-state index in [-0.39, 0.29) is 17.6 Å².